The van der Waals surface area contributed by atoms with Gasteiger partial charge in [0.25, 0.3) is 0 Å². The number of nitrogens with zero attached hydrogens (tertiary/aromatic N) is 2. The summed E-state index contributed by atoms with van der Waals surface area (Å²) in [7, 11) is 0. The number of nitrogens with one attached hydrogen (secondary N) is 1. The van der Waals surface area contributed by atoms with Crippen LogP contribution in [-0.2, 0) is 11.3 Å². The number of hydrogen-bond acceptors (Lipinski definition) is 3. The fourth-order valence-electron chi connectivity index (χ4n) is 3.63. The first-order valence-electron chi connectivity index (χ1n) is 8.97. The number of carbonyl (C=O) groups is 1. The van der Waals surface area contributed by atoms with E-state index in [0.29, 0.717) is 23.6 Å². The van der Waals surface area contributed by atoms with Crippen LogP contribution < -0.4 is 5.32 Å². The number of para-hydroxylation sites is 2. The van der Waals surface area contributed by atoms with Crippen LogP contribution in [0.2, 0.25) is 0 Å². The molecule has 1 fully saturated rings. The number of aromatic nitrogens is 2. The number of aryl methyl sites for hydroxylation is 1. The van der Waals surface area contributed by atoms with E-state index in [-0.39, 0.29) is 5.91 Å². The minimum absolute atomic E-state index is 0.126. The van der Waals surface area contributed by atoms with Crippen molar-refractivity contribution in [1.29, 1.82) is 0 Å². The van der Waals surface area contributed by atoms with Gasteiger partial charge in [0.05, 0.1) is 16.8 Å². The summed E-state index contributed by atoms with van der Waals surface area (Å²) in [6, 6.07) is 8.47. The van der Waals surface area contributed by atoms with Crippen molar-refractivity contribution in [2.45, 2.75) is 57.8 Å². The van der Waals surface area contributed by atoms with Crippen LogP contribution in [0, 0.1) is 11.8 Å². The number of benzene rings is 1. The van der Waals surface area contributed by atoms with Crippen molar-refractivity contribution in [2.24, 2.45) is 11.8 Å². The van der Waals surface area contributed by atoms with Crippen LogP contribution >= 0.6 is 11.8 Å². The molecule has 1 aromatic carbocycles. The Morgan fingerprint density at radius 1 is 1.33 bits per heavy atom. The van der Waals surface area contributed by atoms with E-state index in [4.69, 9.17) is 0 Å². The lowest BCUT2D eigenvalue weighted by atomic mass is 9.78. The summed E-state index contributed by atoms with van der Waals surface area (Å²) in [4.78, 5) is 17.1. The summed E-state index contributed by atoms with van der Waals surface area (Å²) >= 11 is 1.54. The quantitative estimate of drug-likeness (QED) is 0.830. The third-order valence-corrected chi connectivity index (χ3v) is 6.30. The molecular weight excluding hydrogens is 318 g/mol. The molecule has 0 radical (unpaired) electrons. The van der Waals surface area contributed by atoms with Crippen LogP contribution in [-0.4, -0.2) is 27.3 Å². The predicted molar refractivity (Wildman–Crippen MR) is 100 cm³/mol. The fourth-order valence-corrected chi connectivity index (χ4v) is 4.52. The van der Waals surface area contributed by atoms with E-state index >= 15 is 0 Å². The number of imidazole rings is 1. The van der Waals surface area contributed by atoms with Crippen LogP contribution in [0.4, 0.5) is 0 Å². The Morgan fingerprint density at radius 3 is 2.92 bits per heavy atom. The van der Waals surface area contributed by atoms with E-state index in [2.05, 4.69) is 41.7 Å². The number of thioether (sulfide) groups is 1. The van der Waals surface area contributed by atoms with E-state index < -0.39 is 0 Å². The van der Waals surface area contributed by atoms with Gasteiger partial charge in [0, 0.05) is 12.6 Å². The smallest absolute Gasteiger partial charge is 0.230 e. The molecule has 2 aromatic rings. The minimum atomic E-state index is 0.126. The first kappa shape index (κ1) is 17.3. The van der Waals surface area contributed by atoms with Crippen LogP contribution in [0.5, 0.6) is 0 Å². The van der Waals surface area contributed by atoms with Crippen LogP contribution in [0.1, 0.15) is 40.0 Å². The highest BCUT2D eigenvalue weighted by molar-refractivity contribution is 7.99. The van der Waals surface area contributed by atoms with E-state index in [1.807, 2.05) is 18.2 Å². The van der Waals surface area contributed by atoms with Gasteiger partial charge in [-0.1, -0.05) is 50.6 Å². The lowest BCUT2D eigenvalue weighted by molar-refractivity contribution is -0.120. The van der Waals surface area contributed by atoms with Gasteiger partial charge >= 0.3 is 0 Å². The molecular formula is C19H27N3OS. The minimum Gasteiger partial charge on any atom is -0.352 e. The second-order valence-corrected chi connectivity index (χ2v) is 7.80. The molecule has 1 N–H and O–H groups in total. The van der Waals surface area contributed by atoms with Crippen LogP contribution in [0.25, 0.3) is 11.0 Å². The van der Waals surface area contributed by atoms with E-state index in [9.17, 15) is 4.79 Å². The maximum Gasteiger partial charge on any atom is 0.230 e. The normalized spacial score (nSPS) is 24.2. The zero-order chi connectivity index (χ0) is 17.1. The summed E-state index contributed by atoms with van der Waals surface area (Å²) in [5.74, 6) is 1.82. The Morgan fingerprint density at radius 2 is 2.12 bits per heavy atom. The summed E-state index contributed by atoms with van der Waals surface area (Å²) in [5, 5.41) is 4.17. The number of hydrogen-bond donors (Lipinski definition) is 1. The molecule has 1 heterocycles. The summed E-state index contributed by atoms with van der Waals surface area (Å²) in [5.41, 5.74) is 2.13. The number of rotatable bonds is 5. The Bertz CT molecular complexity index is 712. The molecule has 0 unspecified atom stereocenters. The van der Waals surface area contributed by atoms with Gasteiger partial charge in [-0.25, -0.2) is 4.98 Å². The fraction of sp³-hybridized carbons (Fsp3) is 0.579. The Hall–Kier alpha value is -1.49. The molecule has 130 valence electrons. The summed E-state index contributed by atoms with van der Waals surface area (Å²) in [6.45, 7) is 7.53. The maximum atomic E-state index is 12.4. The molecule has 3 rings (SSSR count). The average molecular weight is 346 g/mol. The molecule has 0 aliphatic heterocycles. The van der Waals surface area contributed by atoms with Gasteiger partial charge < -0.3 is 9.88 Å². The van der Waals surface area contributed by atoms with Crippen LogP contribution in [0.3, 0.4) is 0 Å². The van der Waals surface area contributed by atoms with Crippen molar-refractivity contribution < 1.29 is 4.79 Å². The highest BCUT2D eigenvalue weighted by atomic mass is 32.2. The van der Waals surface area contributed by atoms with Crippen LogP contribution in [0.15, 0.2) is 29.4 Å². The van der Waals surface area contributed by atoms with Crippen molar-refractivity contribution in [3.05, 3.63) is 24.3 Å². The first-order valence-corrected chi connectivity index (χ1v) is 9.96. The van der Waals surface area contributed by atoms with E-state index in [0.717, 1.165) is 29.2 Å². The van der Waals surface area contributed by atoms with Gasteiger partial charge in [-0.3, -0.25) is 4.79 Å². The van der Waals surface area contributed by atoms with Gasteiger partial charge in [0.2, 0.25) is 5.91 Å². The van der Waals surface area contributed by atoms with Gasteiger partial charge in [0.1, 0.15) is 0 Å². The average Bonchev–Trinajstić information content (AvgIpc) is 2.94. The molecule has 1 aromatic heterocycles. The van der Waals surface area contributed by atoms with Gasteiger partial charge in [0.15, 0.2) is 5.16 Å². The second kappa shape index (κ2) is 7.60. The zero-order valence-electron chi connectivity index (χ0n) is 14.8. The van der Waals surface area contributed by atoms with Crippen molar-refractivity contribution in [2.75, 3.05) is 5.75 Å². The number of amides is 1. The van der Waals surface area contributed by atoms with Crippen molar-refractivity contribution in [3.63, 3.8) is 0 Å². The second-order valence-electron chi connectivity index (χ2n) is 6.86. The number of fused-ring (bicyclic) bond motifs is 1. The third-order valence-electron chi connectivity index (χ3n) is 5.32. The lowest BCUT2D eigenvalue weighted by Gasteiger charge is -2.34. The largest absolute Gasteiger partial charge is 0.352 e. The monoisotopic (exact) mass is 345 g/mol. The van der Waals surface area contributed by atoms with Gasteiger partial charge in [-0.2, -0.15) is 0 Å². The van der Waals surface area contributed by atoms with Crippen molar-refractivity contribution in [3.8, 4) is 0 Å². The van der Waals surface area contributed by atoms with Gasteiger partial charge in [-0.05, 0) is 37.3 Å². The third kappa shape index (κ3) is 3.61. The molecule has 0 saturated heterocycles. The number of carbonyl (C=O) groups excluding carboxylic acids is 1. The van der Waals surface area contributed by atoms with E-state index in [1.54, 1.807) is 0 Å². The Kier molecular flexibility index (Phi) is 5.49. The molecule has 0 spiro atoms. The molecule has 4 nitrogen and oxygen atoms in total. The van der Waals surface area contributed by atoms with Crippen molar-refractivity contribution >= 4 is 28.7 Å². The molecule has 1 aliphatic carbocycles. The topological polar surface area (TPSA) is 46.9 Å². The molecule has 1 amide bonds. The van der Waals surface area contributed by atoms with Gasteiger partial charge in [-0.15, -0.1) is 0 Å². The molecule has 3 atom stereocenters. The highest BCUT2D eigenvalue weighted by Gasteiger charge is 2.28. The summed E-state index contributed by atoms with van der Waals surface area (Å²) < 4.78 is 2.18. The van der Waals surface area contributed by atoms with Crippen molar-refractivity contribution in [1.82, 2.24) is 14.9 Å². The predicted octanol–water partition coefficient (Wildman–Crippen LogP) is 4.09. The maximum absolute atomic E-state index is 12.4. The standard InChI is InChI=1S/C19H27N3OS/c1-4-22-17-11-6-5-9-16(17)21-19(22)24-12-18(23)20-15-10-7-8-13(2)14(15)3/h5-6,9,11,13-15H,4,7-8,10,12H2,1-3H3,(H,20,23)/t13-,14-,15+/m0/s1. The summed E-state index contributed by atoms with van der Waals surface area (Å²) in [6.07, 6.45) is 3.60. The molecule has 1 aliphatic rings. The molecule has 5 heteroatoms. The first-order chi connectivity index (χ1) is 11.6. The Labute approximate surface area is 148 Å². The SMILES string of the molecule is CCn1c(SCC(=O)N[C@@H]2CCC[C@H](C)[C@@H]2C)nc2ccccc21. The zero-order valence-corrected chi connectivity index (χ0v) is 15.6. The Balaban J connectivity index is 1.62. The lowest BCUT2D eigenvalue weighted by Crippen LogP contribution is -2.44. The highest BCUT2D eigenvalue weighted by Crippen LogP contribution is 2.30. The molecule has 0 bridgehead atoms. The van der Waals surface area contributed by atoms with E-state index in [1.165, 1.54) is 24.6 Å². The molecule has 1 saturated carbocycles. The molecule has 24 heavy (non-hydrogen) atoms.